The van der Waals surface area contributed by atoms with Gasteiger partial charge in [0.15, 0.2) is 0 Å². The lowest BCUT2D eigenvalue weighted by atomic mass is 9.95. The van der Waals surface area contributed by atoms with Crippen molar-refractivity contribution in [2.45, 2.75) is 70.4 Å². The first-order valence-electron chi connectivity index (χ1n) is 7.32. The van der Waals surface area contributed by atoms with Gasteiger partial charge in [0, 0.05) is 13.1 Å². The molecular weight excluding hydrogens is 244 g/mol. The van der Waals surface area contributed by atoms with Crippen LogP contribution in [0.1, 0.15) is 58.3 Å². The van der Waals surface area contributed by atoms with E-state index >= 15 is 0 Å². The van der Waals surface area contributed by atoms with E-state index < -0.39 is 12.0 Å². The number of urea groups is 1. The zero-order chi connectivity index (χ0) is 14.3. The Kier molecular flexibility index (Phi) is 6.67. The number of carboxylic acid groups (broad SMARTS) is 1. The molecule has 0 aliphatic heterocycles. The number of nitrogens with zero attached hydrogens (tertiary/aromatic N) is 1. The maximum Gasteiger partial charge on any atom is 0.326 e. The topological polar surface area (TPSA) is 69.6 Å². The molecule has 1 atom stereocenters. The number of hydrogen-bond acceptors (Lipinski definition) is 2. The Balaban J connectivity index is 2.47. The molecule has 0 spiro atoms. The SMILES string of the molecule is CCCC[C@H](NC(=O)N(C)C1CCCCC1)C(=O)O. The van der Waals surface area contributed by atoms with Gasteiger partial charge in [-0.3, -0.25) is 0 Å². The Labute approximate surface area is 115 Å². The number of nitrogens with one attached hydrogen (secondary N) is 1. The number of rotatable bonds is 6. The van der Waals surface area contributed by atoms with E-state index in [1.807, 2.05) is 6.92 Å². The molecule has 0 unspecified atom stereocenters. The maximum absolute atomic E-state index is 12.1. The molecule has 5 nitrogen and oxygen atoms in total. The highest BCUT2D eigenvalue weighted by molar-refractivity contribution is 5.82. The zero-order valence-electron chi connectivity index (χ0n) is 12.0. The van der Waals surface area contributed by atoms with Crippen molar-refractivity contribution in [2.24, 2.45) is 0 Å². The highest BCUT2D eigenvalue weighted by Crippen LogP contribution is 2.21. The van der Waals surface area contributed by atoms with Crippen LogP contribution in [0.2, 0.25) is 0 Å². The van der Waals surface area contributed by atoms with Gasteiger partial charge in [0.2, 0.25) is 0 Å². The summed E-state index contributed by atoms with van der Waals surface area (Å²) < 4.78 is 0. The summed E-state index contributed by atoms with van der Waals surface area (Å²) in [5, 5.41) is 11.7. The van der Waals surface area contributed by atoms with E-state index in [-0.39, 0.29) is 12.1 Å². The molecule has 1 fully saturated rings. The van der Waals surface area contributed by atoms with E-state index in [2.05, 4.69) is 5.32 Å². The summed E-state index contributed by atoms with van der Waals surface area (Å²) in [6.07, 6.45) is 7.83. The molecule has 2 amide bonds. The Bertz CT molecular complexity index is 301. The quantitative estimate of drug-likeness (QED) is 0.779. The van der Waals surface area contributed by atoms with Crippen LogP contribution in [0.25, 0.3) is 0 Å². The summed E-state index contributed by atoms with van der Waals surface area (Å²) in [5.41, 5.74) is 0. The van der Waals surface area contributed by atoms with E-state index in [1.54, 1.807) is 11.9 Å². The molecule has 19 heavy (non-hydrogen) atoms. The molecule has 110 valence electrons. The molecule has 0 saturated heterocycles. The van der Waals surface area contributed by atoms with E-state index in [1.165, 1.54) is 6.42 Å². The summed E-state index contributed by atoms with van der Waals surface area (Å²) >= 11 is 0. The molecule has 0 aromatic carbocycles. The van der Waals surface area contributed by atoms with Crippen molar-refractivity contribution in [3.63, 3.8) is 0 Å². The van der Waals surface area contributed by atoms with E-state index in [4.69, 9.17) is 5.11 Å². The molecule has 0 aromatic heterocycles. The zero-order valence-corrected chi connectivity index (χ0v) is 12.0. The number of carbonyl (C=O) groups is 2. The second-order valence-corrected chi connectivity index (χ2v) is 5.39. The van der Waals surface area contributed by atoms with Crippen molar-refractivity contribution < 1.29 is 14.7 Å². The number of amides is 2. The van der Waals surface area contributed by atoms with Crippen LogP contribution in [-0.4, -0.2) is 41.1 Å². The fraction of sp³-hybridized carbons (Fsp3) is 0.857. The molecule has 1 aliphatic carbocycles. The van der Waals surface area contributed by atoms with Crippen molar-refractivity contribution >= 4 is 12.0 Å². The summed E-state index contributed by atoms with van der Waals surface area (Å²) in [4.78, 5) is 24.9. The van der Waals surface area contributed by atoms with E-state index in [0.717, 1.165) is 38.5 Å². The molecular formula is C14H26N2O3. The molecule has 0 heterocycles. The van der Waals surface area contributed by atoms with Crippen molar-refractivity contribution in [3.05, 3.63) is 0 Å². The Morgan fingerprint density at radius 3 is 2.47 bits per heavy atom. The van der Waals surface area contributed by atoms with Crippen molar-refractivity contribution in [2.75, 3.05) is 7.05 Å². The monoisotopic (exact) mass is 270 g/mol. The molecule has 1 aliphatic rings. The predicted octanol–water partition coefficient (Wildman–Crippen LogP) is 2.60. The third-order valence-electron chi connectivity index (χ3n) is 3.88. The minimum Gasteiger partial charge on any atom is -0.480 e. The first-order valence-corrected chi connectivity index (χ1v) is 7.32. The highest BCUT2D eigenvalue weighted by atomic mass is 16.4. The molecule has 2 N–H and O–H groups in total. The molecule has 1 rings (SSSR count). The number of aliphatic carboxylic acids is 1. The number of unbranched alkanes of at least 4 members (excludes halogenated alkanes) is 1. The first kappa shape index (κ1) is 15.8. The highest BCUT2D eigenvalue weighted by Gasteiger charge is 2.25. The lowest BCUT2D eigenvalue weighted by Gasteiger charge is -2.32. The molecule has 0 bridgehead atoms. The van der Waals surface area contributed by atoms with Gasteiger partial charge in [-0.05, 0) is 19.3 Å². The van der Waals surface area contributed by atoms with Crippen LogP contribution in [0.15, 0.2) is 0 Å². The van der Waals surface area contributed by atoms with Crippen LogP contribution in [-0.2, 0) is 4.79 Å². The Morgan fingerprint density at radius 2 is 1.95 bits per heavy atom. The van der Waals surface area contributed by atoms with Crippen LogP contribution >= 0.6 is 0 Å². The Hall–Kier alpha value is -1.26. The van der Waals surface area contributed by atoms with Crippen LogP contribution in [0.4, 0.5) is 4.79 Å². The van der Waals surface area contributed by atoms with Crippen molar-refractivity contribution in [3.8, 4) is 0 Å². The van der Waals surface area contributed by atoms with E-state index in [0.29, 0.717) is 6.42 Å². The largest absolute Gasteiger partial charge is 0.480 e. The van der Waals surface area contributed by atoms with Crippen LogP contribution < -0.4 is 5.32 Å². The summed E-state index contributed by atoms with van der Waals surface area (Å²) in [5.74, 6) is -0.946. The molecule has 1 saturated carbocycles. The third kappa shape index (κ3) is 5.09. The van der Waals surface area contributed by atoms with Crippen LogP contribution in [0.3, 0.4) is 0 Å². The minimum atomic E-state index is -0.946. The normalized spacial score (nSPS) is 17.8. The third-order valence-corrected chi connectivity index (χ3v) is 3.88. The Morgan fingerprint density at radius 1 is 1.32 bits per heavy atom. The van der Waals surface area contributed by atoms with Gasteiger partial charge in [-0.2, -0.15) is 0 Å². The fourth-order valence-electron chi connectivity index (χ4n) is 2.55. The second kappa shape index (κ2) is 8.02. The van der Waals surface area contributed by atoms with Crippen molar-refractivity contribution in [1.82, 2.24) is 10.2 Å². The maximum atomic E-state index is 12.1. The standard InChI is InChI=1S/C14H26N2O3/c1-3-4-10-12(13(17)18)15-14(19)16(2)11-8-6-5-7-9-11/h11-12H,3-10H2,1-2H3,(H,15,19)(H,17,18)/t12-/m0/s1. The van der Waals surface area contributed by atoms with E-state index in [9.17, 15) is 9.59 Å². The summed E-state index contributed by atoms with van der Waals surface area (Å²) in [6.45, 7) is 2.01. The summed E-state index contributed by atoms with van der Waals surface area (Å²) in [7, 11) is 1.77. The predicted molar refractivity (Wildman–Crippen MR) is 74.1 cm³/mol. The number of hydrogen-bond donors (Lipinski definition) is 2. The molecule has 0 radical (unpaired) electrons. The van der Waals surface area contributed by atoms with Gasteiger partial charge >= 0.3 is 12.0 Å². The van der Waals surface area contributed by atoms with Gasteiger partial charge in [-0.15, -0.1) is 0 Å². The van der Waals surface area contributed by atoms with Gasteiger partial charge in [0.1, 0.15) is 6.04 Å². The second-order valence-electron chi connectivity index (χ2n) is 5.39. The summed E-state index contributed by atoms with van der Waals surface area (Å²) in [6, 6.07) is -0.761. The lowest BCUT2D eigenvalue weighted by Crippen LogP contribution is -2.50. The molecule has 5 heteroatoms. The van der Waals surface area contributed by atoms with Crippen LogP contribution in [0, 0.1) is 0 Å². The number of carboxylic acids is 1. The smallest absolute Gasteiger partial charge is 0.326 e. The van der Waals surface area contributed by atoms with Gasteiger partial charge < -0.3 is 15.3 Å². The lowest BCUT2D eigenvalue weighted by molar-refractivity contribution is -0.139. The van der Waals surface area contributed by atoms with Crippen LogP contribution in [0.5, 0.6) is 0 Å². The fourth-order valence-corrected chi connectivity index (χ4v) is 2.55. The average molecular weight is 270 g/mol. The minimum absolute atomic E-state index is 0.254. The van der Waals surface area contributed by atoms with Crippen molar-refractivity contribution in [1.29, 1.82) is 0 Å². The van der Waals surface area contributed by atoms with Gasteiger partial charge in [-0.1, -0.05) is 39.0 Å². The number of carbonyl (C=O) groups excluding carboxylic acids is 1. The first-order chi connectivity index (χ1) is 9.06. The average Bonchev–Trinajstić information content (AvgIpc) is 2.43. The molecule has 0 aromatic rings. The van der Waals surface area contributed by atoms with Gasteiger partial charge in [0.25, 0.3) is 0 Å². The van der Waals surface area contributed by atoms with Gasteiger partial charge in [0.05, 0.1) is 0 Å². The van der Waals surface area contributed by atoms with Gasteiger partial charge in [-0.25, -0.2) is 9.59 Å².